The Morgan fingerprint density at radius 2 is 2.06 bits per heavy atom. The first-order valence-electron chi connectivity index (χ1n) is 5.01. The van der Waals surface area contributed by atoms with Gasteiger partial charge in [0.25, 0.3) is 0 Å². The maximum atomic E-state index is 11.1. The van der Waals surface area contributed by atoms with Crippen molar-refractivity contribution in [3.63, 3.8) is 0 Å². The van der Waals surface area contributed by atoms with Gasteiger partial charge in [-0.15, -0.1) is 0 Å². The predicted octanol–water partition coefficient (Wildman–Crippen LogP) is 0.374. The van der Waals surface area contributed by atoms with Crippen molar-refractivity contribution in [1.82, 2.24) is 19.5 Å². The summed E-state index contributed by atoms with van der Waals surface area (Å²) in [5.74, 6) is 0.125. The largest absolute Gasteiger partial charge is 0.309 e. The second-order valence-electron chi connectivity index (χ2n) is 3.65. The predicted molar refractivity (Wildman–Crippen MR) is 60.3 cm³/mol. The summed E-state index contributed by atoms with van der Waals surface area (Å²) < 4.78 is 1.62. The van der Waals surface area contributed by atoms with Crippen LogP contribution in [0.2, 0.25) is 0 Å². The van der Waals surface area contributed by atoms with Gasteiger partial charge in [0.2, 0.25) is 5.91 Å². The molecule has 0 aliphatic heterocycles. The van der Waals surface area contributed by atoms with Crippen LogP contribution in [0.15, 0.2) is 12.7 Å². The van der Waals surface area contributed by atoms with Crippen LogP contribution in [0.5, 0.6) is 0 Å². The third kappa shape index (κ3) is 2.27. The van der Waals surface area contributed by atoms with E-state index in [1.54, 1.807) is 4.57 Å². The van der Waals surface area contributed by atoms with Crippen LogP contribution >= 0.6 is 0 Å². The number of nitrogens with zero attached hydrogens (tertiary/aromatic N) is 4. The molecule has 0 saturated carbocycles. The van der Waals surface area contributed by atoms with Gasteiger partial charge in [0, 0.05) is 6.92 Å². The van der Waals surface area contributed by atoms with Crippen LogP contribution in [0.25, 0.3) is 11.2 Å². The van der Waals surface area contributed by atoms with Crippen LogP contribution in [0.3, 0.4) is 0 Å². The van der Waals surface area contributed by atoms with E-state index in [0.29, 0.717) is 17.0 Å². The number of ketones is 1. The highest BCUT2D eigenvalue weighted by Gasteiger charge is 2.11. The molecule has 0 bridgehead atoms. The van der Waals surface area contributed by atoms with Crippen molar-refractivity contribution in [2.45, 2.75) is 20.4 Å². The van der Waals surface area contributed by atoms with Crippen molar-refractivity contribution < 1.29 is 9.59 Å². The number of nitrogens with one attached hydrogen (secondary N) is 1. The molecule has 2 heterocycles. The lowest BCUT2D eigenvalue weighted by atomic mass is 10.4. The maximum Gasteiger partial charge on any atom is 0.222 e. The number of anilines is 1. The smallest absolute Gasteiger partial charge is 0.222 e. The molecular formula is C10H11N5O2. The number of aromatic nitrogens is 4. The van der Waals surface area contributed by atoms with Gasteiger partial charge in [-0.1, -0.05) is 0 Å². The fourth-order valence-corrected chi connectivity index (χ4v) is 1.49. The zero-order valence-corrected chi connectivity index (χ0v) is 9.47. The van der Waals surface area contributed by atoms with E-state index >= 15 is 0 Å². The molecule has 2 aromatic rings. The minimum Gasteiger partial charge on any atom is -0.309 e. The molecule has 7 nitrogen and oxygen atoms in total. The number of amides is 1. The molecule has 0 saturated heterocycles. The first kappa shape index (κ1) is 11.2. The van der Waals surface area contributed by atoms with Gasteiger partial charge in [-0.25, -0.2) is 15.0 Å². The van der Waals surface area contributed by atoms with Crippen LogP contribution in [0.4, 0.5) is 5.82 Å². The topological polar surface area (TPSA) is 89.8 Å². The van der Waals surface area contributed by atoms with Gasteiger partial charge in [-0.05, 0) is 6.92 Å². The van der Waals surface area contributed by atoms with E-state index in [1.165, 1.54) is 26.5 Å². The number of carbonyl (C=O) groups excluding carboxylic acids is 2. The quantitative estimate of drug-likeness (QED) is 0.827. The number of carbonyl (C=O) groups is 2. The minimum atomic E-state index is -0.230. The van der Waals surface area contributed by atoms with E-state index in [0.717, 1.165) is 0 Å². The Bertz CT molecular complexity index is 589. The fourth-order valence-electron chi connectivity index (χ4n) is 1.49. The molecule has 17 heavy (non-hydrogen) atoms. The molecule has 0 atom stereocenters. The Balaban J connectivity index is 2.48. The molecule has 1 N–H and O–H groups in total. The summed E-state index contributed by atoms with van der Waals surface area (Å²) >= 11 is 0. The molecule has 0 unspecified atom stereocenters. The summed E-state index contributed by atoms with van der Waals surface area (Å²) in [6, 6.07) is 0. The molecule has 1 amide bonds. The summed E-state index contributed by atoms with van der Waals surface area (Å²) in [6.45, 7) is 3.08. The number of rotatable bonds is 3. The average molecular weight is 233 g/mol. The summed E-state index contributed by atoms with van der Waals surface area (Å²) in [5.41, 5.74) is 1.00. The van der Waals surface area contributed by atoms with Crippen molar-refractivity contribution in [2.24, 2.45) is 0 Å². The maximum absolute atomic E-state index is 11.1. The Morgan fingerprint density at radius 3 is 2.71 bits per heavy atom. The standard InChI is InChI=1S/C10H11N5O2/c1-6(16)3-15-5-13-8-9(14-7(2)17)11-4-12-10(8)15/h4-5H,3H2,1-2H3,(H,11,12,14,17). The van der Waals surface area contributed by atoms with Gasteiger partial charge in [0.15, 0.2) is 17.0 Å². The molecular weight excluding hydrogens is 222 g/mol. The molecule has 0 spiro atoms. The Hall–Kier alpha value is -2.31. The lowest BCUT2D eigenvalue weighted by Crippen LogP contribution is -2.09. The zero-order chi connectivity index (χ0) is 12.4. The van der Waals surface area contributed by atoms with E-state index in [4.69, 9.17) is 0 Å². The Labute approximate surface area is 96.9 Å². The monoisotopic (exact) mass is 233 g/mol. The van der Waals surface area contributed by atoms with E-state index in [-0.39, 0.29) is 18.2 Å². The van der Waals surface area contributed by atoms with E-state index in [2.05, 4.69) is 20.3 Å². The molecule has 0 aliphatic carbocycles. The van der Waals surface area contributed by atoms with Gasteiger partial charge in [0.1, 0.15) is 12.1 Å². The van der Waals surface area contributed by atoms with Crippen molar-refractivity contribution in [1.29, 1.82) is 0 Å². The Kier molecular flexibility index (Phi) is 2.82. The zero-order valence-electron chi connectivity index (χ0n) is 9.47. The van der Waals surface area contributed by atoms with Crippen molar-refractivity contribution >= 4 is 28.7 Å². The van der Waals surface area contributed by atoms with Gasteiger partial charge < -0.3 is 9.88 Å². The van der Waals surface area contributed by atoms with Gasteiger partial charge in [-0.3, -0.25) is 9.59 Å². The molecule has 7 heteroatoms. The van der Waals surface area contributed by atoms with Crippen molar-refractivity contribution in [3.8, 4) is 0 Å². The highest BCUT2D eigenvalue weighted by atomic mass is 16.1. The SMILES string of the molecule is CC(=O)Cn1cnc2c(NC(C)=O)ncnc21. The summed E-state index contributed by atoms with van der Waals surface area (Å²) in [7, 11) is 0. The van der Waals surface area contributed by atoms with E-state index < -0.39 is 0 Å². The van der Waals surface area contributed by atoms with Crippen molar-refractivity contribution in [2.75, 3.05) is 5.32 Å². The number of hydrogen-bond acceptors (Lipinski definition) is 5. The van der Waals surface area contributed by atoms with Crippen molar-refractivity contribution in [3.05, 3.63) is 12.7 Å². The van der Waals surface area contributed by atoms with Gasteiger partial charge in [0.05, 0.1) is 12.9 Å². The summed E-state index contributed by atoms with van der Waals surface area (Å²) in [4.78, 5) is 34.1. The molecule has 0 radical (unpaired) electrons. The molecule has 2 aromatic heterocycles. The van der Waals surface area contributed by atoms with Crippen LogP contribution in [0, 0.1) is 0 Å². The number of hydrogen-bond donors (Lipinski definition) is 1. The lowest BCUT2D eigenvalue weighted by molar-refractivity contribution is -0.117. The third-order valence-corrected chi connectivity index (χ3v) is 2.09. The van der Waals surface area contributed by atoms with Crippen LogP contribution < -0.4 is 5.32 Å². The first-order chi connectivity index (χ1) is 8.08. The Morgan fingerprint density at radius 1 is 1.29 bits per heavy atom. The fraction of sp³-hybridized carbons (Fsp3) is 0.300. The minimum absolute atomic E-state index is 0.00369. The second-order valence-corrected chi connectivity index (χ2v) is 3.65. The van der Waals surface area contributed by atoms with Crippen LogP contribution in [0.1, 0.15) is 13.8 Å². The van der Waals surface area contributed by atoms with Gasteiger partial charge >= 0.3 is 0 Å². The number of fused-ring (bicyclic) bond motifs is 1. The summed E-state index contributed by atoms with van der Waals surface area (Å²) in [5, 5.41) is 2.56. The highest BCUT2D eigenvalue weighted by Crippen LogP contribution is 2.16. The third-order valence-electron chi connectivity index (χ3n) is 2.09. The van der Waals surface area contributed by atoms with E-state index in [1.807, 2.05) is 0 Å². The second kappa shape index (κ2) is 4.28. The lowest BCUT2D eigenvalue weighted by Gasteiger charge is -2.02. The molecule has 2 rings (SSSR count). The summed E-state index contributed by atoms with van der Waals surface area (Å²) in [6.07, 6.45) is 2.83. The van der Waals surface area contributed by atoms with Gasteiger partial charge in [-0.2, -0.15) is 0 Å². The molecule has 0 aliphatic rings. The normalized spacial score (nSPS) is 10.5. The highest BCUT2D eigenvalue weighted by molar-refractivity contribution is 5.95. The van der Waals surface area contributed by atoms with E-state index in [9.17, 15) is 9.59 Å². The average Bonchev–Trinajstić information content (AvgIpc) is 2.61. The number of imidazole rings is 1. The van der Waals surface area contributed by atoms with Crippen LogP contribution in [-0.2, 0) is 16.1 Å². The van der Waals surface area contributed by atoms with Crippen LogP contribution in [-0.4, -0.2) is 31.2 Å². The molecule has 0 aromatic carbocycles. The number of Topliss-reactive ketones (excluding diaryl/α,β-unsaturated/α-hetero) is 1. The first-order valence-corrected chi connectivity index (χ1v) is 5.01. The molecule has 88 valence electrons. The molecule has 0 fully saturated rings.